The summed E-state index contributed by atoms with van der Waals surface area (Å²) < 4.78 is 0. The van der Waals surface area contributed by atoms with Crippen LogP contribution in [-0.4, -0.2) is 26.6 Å². The maximum absolute atomic E-state index is 11.7. The van der Waals surface area contributed by atoms with Crippen LogP contribution in [0.4, 0.5) is 17.1 Å². The Balaban J connectivity index is 1.84. The van der Waals surface area contributed by atoms with Gasteiger partial charge in [0.15, 0.2) is 0 Å². The smallest absolute Gasteiger partial charge is 0.336 e. The van der Waals surface area contributed by atoms with E-state index >= 15 is 0 Å². The number of hydrogen-bond acceptors (Lipinski definition) is 7. The summed E-state index contributed by atoms with van der Waals surface area (Å²) in [6.45, 7) is 0. The second-order valence-electron chi connectivity index (χ2n) is 6.37. The van der Waals surface area contributed by atoms with E-state index in [4.69, 9.17) is 0 Å². The lowest BCUT2D eigenvalue weighted by Crippen LogP contribution is -2.05. The lowest BCUT2D eigenvalue weighted by atomic mass is 10.00. The van der Waals surface area contributed by atoms with Crippen molar-refractivity contribution in [2.24, 2.45) is 5.10 Å². The molecule has 0 saturated heterocycles. The zero-order valence-electron chi connectivity index (χ0n) is 15.1. The lowest BCUT2D eigenvalue weighted by Gasteiger charge is -2.06. The molecule has 0 spiro atoms. The number of rotatable bonds is 5. The van der Waals surface area contributed by atoms with Gasteiger partial charge in [-0.05, 0) is 17.7 Å². The number of nitrogens with one attached hydrogen (secondary N) is 1. The first-order valence-electron chi connectivity index (χ1n) is 8.61. The summed E-state index contributed by atoms with van der Waals surface area (Å²) in [5, 5.41) is 36.1. The van der Waals surface area contributed by atoms with E-state index in [-0.39, 0.29) is 11.3 Å². The Hall–Kier alpha value is -4.60. The molecule has 3 aromatic carbocycles. The summed E-state index contributed by atoms with van der Waals surface area (Å²) in [6.07, 6.45) is 0. The molecule has 30 heavy (non-hydrogen) atoms. The largest absolute Gasteiger partial charge is 0.478 e. The quantitative estimate of drug-likeness (QED) is 0.376. The molecule has 0 heterocycles. The molecule has 0 unspecified atom stereocenters. The predicted octanol–water partition coefficient (Wildman–Crippen LogP) is 4.05. The van der Waals surface area contributed by atoms with Gasteiger partial charge >= 0.3 is 11.7 Å². The first kappa shape index (κ1) is 18.7. The molecule has 10 heteroatoms. The van der Waals surface area contributed by atoms with E-state index in [2.05, 4.69) is 10.5 Å². The molecule has 0 saturated carbocycles. The number of nitrogens with zero attached hydrogens (tertiary/aromatic N) is 3. The van der Waals surface area contributed by atoms with Crippen molar-refractivity contribution in [3.05, 3.63) is 97.6 Å². The molecular formula is C20H12N4O6. The fraction of sp³-hybridized carbons (Fsp3) is 0. The Morgan fingerprint density at radius 2 is 1.60 bits per heavy atom. The molecule has 3 aromatic rings. The molecule has 4 rings (SSSR count). The van der Waals surface area contributed by atoms with E-state index in [1.807, 2.05) is 0 Å². The Bertz CT molecular complexity index is 1270. The van der Waals surface area contributed by atoms with Gasteiger partial charge in [-0.25, -0.2) is 4.79 Å². The summed E-state index contributed by atoms with van der Waals surface area (Å²) in [7, 11) is 0. The van der Waals surface area contributed by atoms with Gasteiger partial charge in [0.25, 0.3) is 5.69 Å². The third kappa shape index (κ3) is 3.02. The topological polar surface area (TPSA) is 148 Å². The van der Waals surface area contributed by atoms with Crippen molar-refractivity contribution in [3.8, 4) is 11.1 Å². The molecule has 1 aliphatic carbocycles. The third-order valence-corrected chi connectivity index (χ3v) is 4.68. The van der Waals surface area contributed by atoms with Crippen molar-refractivity contribution in [3.63, 3.8) is 0 Å². The van der Waals surface area contributed by atoms with Crippen LogP contribution in [0.25, 0.3) is 11.1 Å². The van der Waals surface area contributed by atoms with Crippen LogP contribution in [0.5, 0.6) is 0 Å². The highest BCUT2D eigenvalue weighted by atomic mass is 16.6. The number of carbonyl (C=O) groups is 1. The monoisotopic (exact) mass is 404 g/mol. The van der Waals surface area contributed by atoms with Crippen LogP contribution in [0, 0.1) is 20.2 Å². The number of non-ortho nitro benzene ring substituents is 1. The zero-order valence-corrected chi connectivity index (χ0v) is 15.1. The molecule has 10 nitrogen and oxygen atoms in total. The fourth-order valence-electron chi connectivity index (χ4n) is 3.39. The zero-order chi connectivity index (χ0) is 21.4. The van der Waals surface area contributed by atoms with Crippen molar-refractivity contribution < 1.29 is 19.7 Å². The maximum Gasteiger partial charge on any atom is 0.336 e. The third-order valence-electron chi connectivity index (χ3n) is 4.68. The molecule has 148 valence electrons. The van der Waals surface area contributed by atoms with E-state index in [0.717, 1.165) is 12.1 Å². The van der Waals surface area contributed by atoms with E-state index in [1.165, 1.54) is 12.1 Å². The normalized spacial score (nSPS) is 12.9. The number of nitro groups is 2. The van der Waals surface area contributed by atoms with Gasteiger partial charge in [0.2, 0.25) is 0 Å². The summed E-state index contributed by atoms with van der Waals surface area (Å²) in [5.41, 5.74) is 4.62. The van der Waals surface area contributed by atoms with Crippen LogP contribution in [0.1, 0.15) is 21.5 Å². The van der Waals surface area contributed by atoms with Crippen molar-refractivity contribution in [2.75, 3.05) is 5.43 Å². The molecule has 0 aromatic heterocycles. The number of hydrazone groups is 1. The number of nitro benzene ring substituents is 2. The van der Waals surface area contributed by atoms with E-state index in [0.29, 0.717) is 28.0 Å². The summed E-state index contributed by atoms with van der Waals surface area (Å²) in [6, 6.07) is 15.1. The van der Waals surface area contributed by atoms with Crippen molar-refractivity contribution >= 4 is 28.7 Å². The predicted molar refractivity (Wildman–Crippen MR) is 108 cm³/mol. The van der Waals surface area contributed by atoms with Crippen molar-refractivity contribution in [1.29, 1.82) is 0 Å². The van der Waals surface area contributed by atoms with Crippen molar-refractivity contribution in [1.82, 2.24) is 0 Å². The lowest BCUT2D eigenvalue weighted by molar-refractivity contribution is -0.393. The molecule has 0 amide bonds. The number of carboxylic acid groups (broad SMARTS) is 1. The van der Waals surface area contributed by atoms with Gasteiger partial charge in [-0.1, -0.05) is 36.4 Å². The molecule has 0 radical (unpaired) electrons. The van der Waals surface area contributed by atoms with Crippen molar-refractivity contribution in [2.45, 2.75) is 0 Å². The van der Waals surface area contributed by atoms with Crippen LogP contribution in [0.3, 0.4) is 0 Å². The number of benzene rings is 3. The van der Waals surface area contributed by atoms with Gasteiger partial charge < -0.3 is 5.11 Å². The molecule has 0 fully saturated rings. The number of hydrogen-bond donors (Lipinski definition) is 2. The Morgan fingerprint density at radius 3 is 2.27 bits per heavy atom. The number of fused-ring (bicyclic) bond motifs is 3. The number of carboxylic acids is 1. The van der Waals surface area contributed by atoms with Crippen LogP contribution in [0.2, 0.25) is 0 Å². The van der Waals surface area contributed by atoms with Crippen LogP contribution in [0.15, 0.2) is 65.8 Å². The van der Waals surface area contributed by atoms with Gasteiger partial charge in [-0.3, -0.25) is 25.7 Å². The van der Waals surface area contributed by atoms with Crippen LogP contribution in [-0.2, 0) is 0 Å². The maximum atomic E-state index is 11.7. The molecule has 0 bridgehead atoms. The standard InChI is InChI=1S/C20H12N4O6/c25-20(26)15-7-3-6-14-18(15)12-4-1-2-5-13(12)19(14)22-21-16-9-8-11(23(27)28)10-17(16)24(29)30/h1-10,21H,(H,25,26)/b22-19+. The van der Waals surface area contributed by atoms with Crippen LogP contribution < -0.4 is 5.43 Å². The average Bonchev–Trinajstić information content (AvgIpc) is 3.05. The average molecular weight is 404 g/mol. The molecule has 1 aliphatic rings. The highest BCUT2D eigenvalue weighted by Crippen LogP contribution is 2.39. The first-order chi connectivity index (χ1) is 14.4. The van der Waals surface area contributed by atoms with Gasteiger partial charge in [0, 0.05) is 22.8 Å². The molecular weight excluding hydrogens is 392 g/mol. The SMILES string of the molecule is O=C(O)c1cccc2c1-c1ccccc1/C2=N\Nc1ccc([N+](=O)[O-])cc1[N+](=O)[O-]. The highest BCUT2D eigenvalue weighted by Gasteiger charge is 2.29. The highest BCUT2D eigenvalue weighted by molar-refractivity contribution is 6.26. The summed E-state index contributed by atoms with van der Waals surface area (Å²) >= 11 is 0. The number of anilines is 1. The second kappa shape index (κ2) is 7.09. The first-order valence-corrected chi connectivity index (χ1v) is 8.61. The minimum absolute atomic E-state index is 0.0292. The minimum Gasteiger partial charge on any atom is -0.478 e. The number of aromatic carboxylic acids is 1. The van der Waals surface area contributed by atoms with Crippen LogP contribution >= 0.6 is 0 Å². The Kier molecular flexibility index (Phi) is 4.43. The second-order valence-corrected chi connectivity index (χ2v) is 6.37. The summed E-state index contributed by atoms with van der Waals surface area (Å²) in [4.78, 5) is 32.5. The molecule has 2 N–H and O–H groups in total. The van der Waals surface area contributed by atoms with E-state index < -0.39 is 27.2 Å². The Morgan fingerprint density at radius 1 is 0.900 bits per heavy atom. The van der Waals surface area contributed by atoms with Gasteiger partial charge in [0.1, 0.15) is 5.69 Å². The van der Waals surface area contributed by atoms with Gasteiger partial charge in [-0.15, -0.1) is 0 Å². The van der Waals surface area contributed by atoms with Gasteiger partial charge in [-0.2, -0.15) is 5.10 Å². The summed E-state index contributed by atoms with van der Waals surface area (Å²) in [5.74, 6) is -1.08. The molecule has 0 atom stereocenters. The minimum atomic E-state index is -1.08. The van der Waals surface area contributed by atoms with Gasteiger partial charge in [0.05, 0.1) is 27.2 Å². The molecule has 0 aliphatic heterocycles. The van der Waals surface area contributed by atoms with E-state index in [1.54, 1.807) is 36.4 Å². The van der Waals surface area contributed by atoms with E-state index in [9.17, 15) is 30.1 Å². The Labute approximate surface area is 168 Å². The fourth-order valence-corrected chi connectivity index (χ4v) is 3.39.